The van der Waals surface area contributed by atoms with Gasteiger partial charge in [-0.2, -0.15) is 11.8 Å². The minimum atomic E-state index is -1.04. The Morgan fingerprint density at radius 3 is 2.36 bits per heavy atom. The van der Waals surface area contributed by atoms with Gasteiger partial charge in [0.2, 0.25) is 0 Å². The van der Waals surface area contributed by atoms with Crippen LogP contribution in [0.25, 0.3) is 23.3 Å². The molecule has 0 aliphatic rings. The van der Waals surface area contributed by atoms with Crippen molar-refractivity contribution in [2.24, 2.45) is 0 Å². The van der Waals surface area contributed by atoms with Gasteiger partial charge in [-0.05, 0) is 77.9 Å². The molecule has 0 saturated heterocycles. The number of aryl methyl sites for hydroxylation is 1. The summed E-state index contributed by atoms with van der Waals surface area (Å²) in [5.41, 5.74) is 4.93. The SMILES string of the molecule is CSCC[C@H](NC(=O)c1ccc(C=Cc2ccccc2Oc2ccccc2)cc1-c1ccccc1C)C(=O)O. The van der Waals surface area contributed by atoms with Gasteiger partial charge >= 0.3 is 5.97 Å². The lowest BCUT2D eigenvalue weighted by molar-refractivity contribution is -0.139. The zero-order valence-electron chi connectivity index (χ0n) is 22.0. The number of thioether (sulfide) groups is 1. The van der Waals surface area contributed by atoms with Gasteiger partial charge in [0.25, 0.3) is 5.91 Å². The smallest absolute Gasteiger partial charge is 0.326 e. The normalized spacial score (nSPS) is 11.7. The molecule has 1 atom stereocenters. The van der Waals surface area contributed by atoms with E-state index in [1.807, 2.05) is 116 Å². The Morgan fingerprint density at radius 1 is 0.897 bits per heavy atom. The van der Waals surface area contributed by atoms with E-state index < -0.39 is 17.9 Å². The number of hydrogen-bond acceptors (Lipinski definition) is 4. The van der Waals surface area contributed by atoms with E-state index in [1.165, 1.54) is 0 Å². The highest BCUT2D eigenvalue weighted by atomic mass is 32.2. The van der Waals surface area contributed by atoms with E-state index >= 15 is 0 Å². The fraction of sp³-hybridized carbons (Fsp3) is 0.152. The molecule has 0 aromatic heterocycles. The summed E-state index contributed by atoms with van der Waals surface area (Å²) < 4.78 is 6.09. The molecular formula is C33H31NO4S. The molecular weight excluding hydrogens is 506 g/mol. The molecule has 4 aromatic carbocycles. The maximum Gasteiger partial charge on any atom is 0.326 e. The van der Waals surface area contributed by atoms with E-state index in [0.29, 0.717) is 17.7 Å². The third kappa shape index (κ3) is 7.39. The van der Waals surface area contributed by atoms with E-state index in [0.717, 1.165) is 39.3 Å². The van der Waals surface area contributed by atoms with Gasteiger partial charge in [0.15, 0.2) is 0 Å². The molecule has 4 rings (SSSR count). The summed E-state index contributed by atoms with van der Waals surface area (Å²) in [6.07, 6.45) is 6.23. The summed E-state index contributed by atoms with van der Waals surface area (Å²) in [7, 11) is 0. The lowest BCUT2D eigenvalue weighted by Crippen LogP contribution is -2.41. The largest absolute Gasteiger partial charge is 0.480 e. The van der Waals surface area contributed by atoms with Gasteiger partial charge in [-0.3, -0.25) is 4.79 Å². The van der Waals surface area contributed by atoms with E-state index in [1.54, 1.807) is 17.8 Å². The first-order valence-corrected chi connectivity index (χ1v) is 14.1. The van der Waals surface area contributed by atoms with Crippen molar-refractivity contribution in [1.29, 1.82) is 0 Å². The second kappa shape index (κ2) is 13.5. The van der Waals surface area contributed by atoms with E-state index in [9.17, 15) is 14.7 Å². The first-order valence-electron chi connectivity index (χ1n) is 12.7. The Labute approximate surface area is 233 Å². The van der Waals surface area contributed by atoms with Gasteiger partial charge in [-0.15, -0.1) is 0 Å². The Balaban J connectivity index is 1.67. The van der Waals surface area contributed by atoms with Crippen LogP contribution in [0.2, 0.25) is 0 Å². The number of hydrogen-bond donors (Lipinski definition) is 2. The number of benzene rings is 4. The lowest BCUT2D eigenvalue weighted by atomic mass is 9.93. The molecule has 1 amide bonds. The van der Waals surface area contributed by atoms with Gasteiger partial charge in [-0.1, -0.05) is 78.9 Å². The van der Waals surface area contributed by atoms with Crippen LogP contribution in [-0.2, 0) is 4.79 Å². The Bertz CT molecular complexity index is 1470. The minimum absolute atomic E-state index is 0.354. The molecule has 0 heterocycles. The summed E-state index contributed by atoms with van der Waals surface area (Å²) in [5.74, 6) is 0.693. The highest BCUT2D eigenvalue weighted by molar-refractivity contribution is 7.98. The molecule has 0 spiro atoms. The number of carboxylic acid groups (broad SMARTS) is 1. The number of amides is 1. The molecule has 0 aliphatic carbocycles. The van der Waals surface area contributed by atoms with E-state index in [2.05, 4.69) is 5.32 Å². The molecule has 0 fully saturated rings. The monoisotopic (exact) mass is 537 g/mol. The molecule has 4 aromatic rings. The van der Waals surface area contributed by atoms with E-state index in [-0.39, 0.29) is 0 Å². The third-order valence-electron chi connectivity index (χ3n) is 6.28. The Morgan fingerprint density at radius 2 is 1.62 bits per heavy atom. The van der Waals surface area contributed by atoms with Crippen molar-refractivity contribution in [1.82, 2.24) is 5.32 Å². The van der Waals surface area contributed by atoms with Crippen LogP contribution in [0.5, 0.6) is 11.5 Å². The van der Waals surface area contributed by atoms with Crippen molar-refractivity contribution in [3.8, 4) is 22.6 Å². The van der Waals surface area contributed by atoms with Crippen molar-refractivity contribution in [2.75, 3.05) is 12.0 Å². The first kappa shape index (κ1) is 27.7. The zero-order chi connectivity index (χ0) is 27.6. The van der Waals surface area contributed by atoms with Crippen LogP contribution in [0, 0.1) is 6.92 Å². The van der Waals surface area contributed by atoms with Gasteiger partial charge in [0.05, 0.1) is 0 Å². The second-order valence-electron chi connectivity index (χ2n) is 9.05. The predicted molar refractivity (Wildman–Crippen MR) is 160 cm³/mol. The molecule has 0 bridgehead atoms. The first-order chi connectivity index (χ1) is 19.0. The predicted octanol–water partition coefficient (Wildman–Crippen LogP) is 7.56. The van der Waals surface area contributed by atoms with Crippen LogP contribution in [0.1, 0.15) is 33.5 Å². The van der Waals surface area contributed by atoms with Crippen LogP contribution in [0.3, 0.4) is 0 Å². The van der Waals surface area contributed by atoms with Crippen molar-refractivity contribution in [3.05, 3.63) is 119 Å². The van der Waals surface area contributed by atoms with Crippen LogP contribution in [-0.4, -0.2) is 35.0 Å². The van der Waals surface area contributed by atoms with Crippen LogP contribution in [0.15, 0.2) is 97.1 Å². The van der Waals surface area contributed by atoms with Crippen molar-refractivity contribution in [2.45, 2.75) is 19.4 Å². The molecule has 39 heavy (non-hydrogen) atoms. The van der Waals surface area contributed by atoms with Crippen molar-refractivity contribution < 1.29 is 19.4 Å². The number of rotatable bonds is 11. The van der Waals surface area contributed by atoms with Gasteiger partial charge in [0.1, 0.15) is 17.5 Å². The highest BCUT2D eigenvalue weighted by Crippen LogP contribution is 2.30. The highest BCUT2D eigenvalue weighted by Gasteiger charge is 2.22. The van der Waals surface area contributed by atoms with Crippen LogP contribution >= 0.6 is 11.8 Å². The number of carbonyl (C=O) groups is 2. The fourth-order valence-electron chi connectivity index (χ4n) is 4.20. The maximum absolute atomic E-state index is 13.3. The number of para-hydroxylation sites is 2. The summed E-state index contributed by atoms with van der Waals surface area (Å²) in [6.45, 7) is 2.00. The number of aliphatic carboxylic acids is 1. The van der Waals surface area contributed by atoms with Crippen molar-refractivity contribution >= 4 is 35.8 Å². The van der Waals surface area contributed by atoms with Crippen LogP contribution < -0.4 is 10.1 Å². The fourth-order valence-corrected chi connectivity index (χ4v) is 4.67. The lowest BCUT2D eigenvalue weighted by Gasteiger charge is -2.17. The number of carboxylic acids is 1. The molecule has 2 N–H and O–H groups in total. The van der Waals surface area contributed by atoms with Gasteiger partial charge in [0, 0.05) is 11.1 Å². The summed E-state index contributed by atoms with van der Waals surface area (Å²) in [4.78, 5) is 25.1. The molecule has 0 unspecified atom stereocenters. The number of carbonyl (C=O) groups excluding carboxylic acids is 1. The standard InChI is InChI=1S/C33H31NO4S/c1-23-10-6-8-14-27(23)29-22-24(17-19-28(29)32(35)34-30(33(36)37)20-21-39-2)16-18-25-11-7-9-15-31(25)38-26-12-4-3-5-13-26/h3-19,22,30H,20-21H2,1-2H3,(H,34,35)(H,36,37)/t30-/m0/s1. The quantitative estimate of drug-likeness (QED) is 0.193. The molecule has 0 radical (unpaired) electrons. The van der Waals surface area contributed by atoms with Gasteiger partial charge < -0.3 is 15.2 Å². The maximum atomic E-state index is 13.3. The average Bonchev–Trinajstić information content (AvgIpc) is 2.95. The Kier molecular flexibility index (Phi) is 9.59. The average molecular weight is 538 g/mol. The topological polar surface area (TPSA) is 75.6 Å². The molecule has 0 saturated carbocycles. The summed E-state index contributed by atoms with van der Waals surface area (Å²) >= 11 is 1.55. The number of ether oxygens (including phenoxy) is 1. The van der Waals surface area contributed by atoms with Crippen LogP contribution in [0.4, 0.5) is 0 Å². The molecule has 0 aliphatic heterocycles. The van der Waals surface area contributed by atoms with E-state index in [4.69, 9.17) is 4.74 Å². The third-order valence-corrected chi connectivity index (χ3v) is 6.93. The Hall–Kier alpha value is -4.29. The zero-order valence-corrected chi connectivity index (χ0v) is 22.8. The molecule has 198 valence electrons. The second-order valence-corrected chi connectivity index (χ2v) is 10.0. The summed E-state index contributed by atoms with van der Waals surface area (Å²) in [6, 6.07) is 29.9. The summed E-state index contributed by atoms with van der Waals surface area (Å²) in [5, 5.41) is 12.3. The minimum Gasteiger partial charge on any atom is -0.480 e. The number of nitrogens with one attached hydrogen (secondary N) is 1. The van der Waals surface area contributed by atoms with Crippen molar-refractivity contribution in [3.63, 3.8) is 0 Å². The molecule has 6 heteroatoms. The molecule has 5 nitrogen and oxygen atoms in total. The van der Waals surface area contributed by atoms with Gasteiger partial charge in [-0.25, -0.2) is 4.79 Å².